The highest BCUT2D eigenvalue weighted by Gasteiger charge is 1.98. The van der Waals surface area contributed by atoms with Crippen LogP contribution in [-0.4, -0.2) is 14.5 Å². The highest BCUT2D eigenvalue weighted by Crippen LogP contribution is 2.10. The van der Waals surface area contributed by atoms with Gasteiger partial charge in [0.05, 0.1) is 6.20 Å². The molecule has 0 aliphatic carbocycles. The SMILES string of the molecule is Oc1cn2ccc(F)cc2n1. The molecule has 4 heteroatoms. The Morgan fingerprint density at radius 1 is 1.55 bits per heavy atom. The number of imidazole rings is 1. The molecule has 3 nitrogen and oxygen atoms in total. The van der Waals surface area contributed by atoms with Crippen LogP contribution in [0.1, 0.15) is 0 Å². The third-order valence-electron chi connectivity index (χ3n) is 1.41. The normalized spacial score (nSPS) is 10.6. The van der Waals surface area contributed by atoms with Gasteiger partial charge >= 0.3 is 0 Å². The first-order valence-corrected chi connectivity index (χ1v) is 3.09. The summed E-state index contributed by atoms with van der Waals surface area (Å²) >= 11 is 0. The van der Waals surface area contributed by atoms with Crippen LogP contribution in [0.4, 0.5) is 4.39 Å². The number of pyridine rings is 1. The van der Waals surface area contributed by atoms with E-state index in [9.17, 15) is 4.39 Å². The van der Waals surface area contributed by atoms with Crippen molar-refractivity contribution in [2.24, 2.45) is 0 Å². The van der Waals surface area contributed by atoms with E-state index >= 15 is 0 Å². The number of rotatable bonds is 0. The number of aromatic hydroxyl groups is 1. The molecule has 0 fully saturated rings. The summed E-state index contributed by atoms with van der Waals surface area (Å²) in [5.41, 5.74) is 0.405. The monoisotopic (exact) mass is 152 g/mol. The number of halogens is 1. The van der Waals surface area contributed by atoms with Crippen molar-refractivity contribution in [1.82, 2.24) is 9.38 Å². The summed E-state index contributed by atoms with van der Waals surface area (Å²) in [5.74, 6) is -0.460. The Balaban J connectivity index is 2.82. The van der Waals surface area contributed by atoms with Crippen molar-refractivity contribution in [2.75, 3.05) is 0 Å². The van der Waals surface area contributed by atoms with E-state index in [1.807, 2.05) is 0 Å². The van der Waals surface area contributed by atoms with Crippen molar-refractivity contribution in [1.29, 1.82) is 0 Å². The molecule has 0 bridgehead atoms. The second kappa shape index (κ2) is 1.95. The molecule has 0 spiro atoms. The van der Waals surface area contributed by atoms with Crippen molar-refractivity contribution in [3.05, 3.63) is 30.3 Å². The average molecular weight is 152 g/mol. The van der Waals surface area contributed by atoms with E-state index in [2.05, 4.69) is 4.98 Å². The maximum Gasteiger partial charge on any atom is 0.230 e. The van der Waals surface area contributed by atoms with E-state index in [0.717, 1.165) is 0 Å². The van der Waals surface area contributed by atoms with Crippen LogP contribution in [0.2, 0.25) is 0 Å². The van der Waals surface area contributed by atoms with Crippen molar-refractivity contribution < 1.29 is 9.50 Å². The minimum Gasteiger partial charge on any atom is -0.492 e. The van der Waals surface area contributed by atoms with Crippen LogP contribution in [0.5, 0.6) is 5.88 Å². The molecule has 2 heterocycles. The zero-order valence-corrected chi connectivity index (χ0v) is 5.53. The summed E-state index contributed by atoms with van der Waals surface area (Å²) < 4.78 is 14.1. The molecule has 2 rings (SSSR count). The Labute approximate surface area is 61.7 Å². The van der Waals surface area contributed by atoms with Gasteiger partial charge in [-0.05, 0) is 6.07 Å². The van der Waals surface area contributed by atoms with Gasteiger partial charge in [-0.25, -0.2) is 4.39 Å². The standard InChI is InChI=1S/C7H5FN2O/c8-5-1-2-10-4-7(11)9-6(10)3-5/h1-4,11H. The topological polar surface area (TPSA) is 37.5 Å². The number of aromatic nitrogens is 2. The smallest absolute Gasteiger partial charge is 0.230 e. The molecule has 0 amide bonds. The molecule has 1 N–H and O–H groups in total. The first kappa shape index (κ1) is 6.15. The fourth-order valence-corrected chi connectivity index (χ4v) is 0.944. The van der Waals surface area contributed by atoms with E-state index in [-0.39, 0.29) is 11.7 Å². The fourth-order valence-electron chi connectivity index (χ4n) is 0.944. The molecule has 0 aliphatic rings. The Hall–Kier alpha value is -1.58. The minimum atomic E-state index is -0.358. The van der Waals surface area contributed by atoms with Crippen LogP contribution in [0.15, 0.2) is 24.5 Å². The highest BCUT2D eigenvalue weighted by atomic mass is 19.1. The first-order chi connectivity index (χ1) is 5.25. The fraction of sp³-hybridized carbons (Fsp3) is 0. The lowest BCUT2D eigenvalue weighted by molar-refractivity contribution is 0.457. The van der Waals surface area contributed by atoms with Gasteiger partial charge in [0.15, 0.2) is 0 Å². The maximum absolute atomic E-state index is 12.5. The van der Waals surface area contributed by atoms with E-state index < -0.39 is 0 Å². The van der Waals surface area contributed by atoms with Gasteiger partial charge in [-0.15, -0.1) is 0 Å². The molecule has 0 saturated heterocycles. The van der Waals surface area contributed by atoms with E-state index in [1.165, 1.54) is 24.5 Å². The minimum absolute atomic E-state index is 0.101. The molecule has 2 aromatic rings. The second-order valence-corrected chi connectivity index (χ2v) is 2.21. The predicted molar refractivity (Wildman–Crippen MR) is 36.8 cm³/mol. The lowest BCUT2D eigenvalue weighted by Gasteiger charge is -1.89. The number of hydrogen-bond donors (Lipinski definition) is 1. The zero-order valence-electron chi connectivity index (χ0n) is 5.53. The van der Waals surface area contributed by atoms with Crippen molar-refractivity contribution >= 4 is 5.65 Å². The Bertz CT molecular complexity index is 396. The molecule has 0 radical (unpaired) electrons. The summed E-state index contributed by atoms with van der Waals surface area (Å²) in [6.07, 6.45) is 2.91. The summed E-state index contributed by atoms with van der Waals surface area (Å²) in [5, 5.41) is 8.89. The molecular weight excluding hydrogens is 147 g/mol. The molecular formula is C7H5FN2O. The van der Waals surface area contributed by atoms with Gasteiger partial charge in [-0.1, -0.05) is 0 Å². The van der Waals surface area contributed by atoms with Crippen molar-refractivity contribution in [3.63, 3.8) is 0 Å². The largest absolute Gasteiger partial charge is 0.492 e. The third-order valence-corrected chi connectivity index (χ3v) is 1.41. The highest BCUT2D eigenvalue weighted by molar-refractivity contribution is 5.41. The van der Waals surface area contributed by atoms with E-state index in [1.54, 1.807) is 4.40 Å². The Kier molecular flexibility index (Phi) is 1.09. The number of fused-ring (bicyclic) bond motifs is 1. The molecule has 11 heavy (non-hydrogen) atoms. The Morgan fingerprint density at radius 3 is 3.18 bits per heavy atom. The predicted octanol–water partition coefficient (Wildman–Crippen LogP) is 1.18. The van der Waals surface area contributed by atoms with Crippen molar-refractivity contribution in [3.8, 4) is 5.88 Å². The summed E-state index contributed by atoms with van der Waals surface area (Å²) in [4.78, 5) is 3.65. The molecule has 56 valence electrons. The summed E-state index contributed by atoms with van der Waals surface area (Å²) in [6, 6.07) is 2.55. The Morgan fingerprint density at radius 2 is 2.36 bits per heavy atom. The van der Waals surface area contributed by atoms with Gasteiger partial charge in [-0.2, -0.15) is 4.98 Å². The maximum atomic E-state index is 12.5. The third kappa shape index (κ3) is 0.920. The molecule has 0 saturated carbocycles. The zero-order chi connectivity index (χ0) is 7.84. The lowest BCUT2D eigenvalue weighted by atomic mass is 10.4. The van der Waals surface area contributed by atoms with Crippen LogP contribution < -0.4 is 0 Å². The average Bonchev–Trinajstić information content (AvgIpc) is 2.27. The molecule has 0 aromatic carbocycles. The summed E-state index contributed by atoms with van der Waals surface area (Å²) in [7, 11) is 0. The molecule has 0 unspecified atom stereocenters. The van der Waals surface area contributed by atoms with Gasteiger partial charge in [0.2, 0.25) is 5.88 Å². The van der Waals surface area contributed by atoms with Crippen LogP contribution in [-0.2, 0) is 0 Å². The second-order valence-electron chi connectivity index (χ2n) is 2.21. The molecule has 0 aliphatic heterocycles. The van der Waals surface area contributed by atoms with Gasteiger partial charge < -0.3 is 9.51 Å². The quantitative estimate of drug-likeness (QED) is 0.615. The van der Waals surface area contributed by atoms with Crippen molar-refractivity contribution in [2.45, 2.75) is 0 Å². The van der Waals surface area contributed by atoms with Crippen LogP contribution in [0.25, 0.3) is 5.65 Å². The van der Waals surface area contributed by atoms with Crippen LogP contribution in [0, 0.1) is 5.82 Å². The molecule has 0 atom stereocenters. The van der Waals surface area contributed by atoms with E-state index in [0.29, 0.717) is 5.65 Å². The first-order valence-electron chi connectivity index (χ1n) is 3.09. The van der Waals surface area contributed by atoms with Crippen LogP contribution >= 0.6 is 0 Å². The van der Waals surface area contributed by atoms with Gasteiger partial charge in [0.25, 0.3) is 0 Å². The van der Waals surface area contributed by atoms with Gasteiger partial charge in [0, 0.05) is 12.3 Å². The van der Waals surface area contributed by atoms with Gasteiger partial charge in [-0.3, -0.25) is 0 Å². The van der Waals surface area contributed by atoms with Crippen LogP contribution in [0.3, 0.4) is 0 Å². The number of hydrogen-bond acceptors (Lipinski definition) is 2. The molecule has 2 aromatic heterocycles. The lowest BCUT2D eigenvalue weighted by Crippen LogP contribution is -1.82. The van der Waals surface area contributed by atoms with E-state index in [4.69, 9.17) is 5.11 Å². The number of nitrogens with zero attached hydrogens (tertiary/aromatic N) is 2. The summed E-state index contributed by atoms with van der Waals surface area (Å²) in [6.45, 7) is 0. The van der Waals surface area contributed by atoms with Gasteiger partial charge in [0.1, 0.15) is 11.5 Å².